The van der Waals surface area contributed by atoms with E-state index in [1.807, 2.05) is 0 Å². The summed E-state index contributed by atoms with van der Waals surface area (Å²) in [7, 11) is 1.75. The minimum atomic E-state index is -4.49. The van der Waals surface area contributed by atoms with E-state index in [4.69, 9.17) is 4.52 Å². The van der Waals surface area contributed by atoms with Gasteiger partial charge in [0.25, 0.3) is 5.71 Å². The minimum Gasteiger partial charge on any atom is -0.357 e. The second-order valence-electron chi connectivity index (χ2n) is 7.50. The van der Waals surface area contributed by atoms with Gasteiger partial charge >= 0.3 is 6.18 Å². The van der Waals surface area contributed by atoms with E-state index < -0.39 is 11.7 Å². The number of aromatic nitrogens is 4. The van der Waals surface area contributed by atoms with Gasteiger partial charge in [0.15, 0.2) is 0 Å². The Balaban J connectivity index is 1.61. The van der Waals surface area contributed by atoms with Crippen molar-refractivity contribution in [3.8, 4) is 0 Å². The normalized spacial score (nSPS) is 18.1. The van der Waals surface area contributed by atoms with Crippen LogP contribution in [0, 0.1) is 0 Å². The standard InChI is InChI=1S/C20H23F3N6O/c1-3-14-7-15(20(21,22)23)16-17(28-30-18(16)27-14)13-5-4-6-29(11-13)10-12-8-25-19(24-2)26-9-12/h7-9,13H,3-6,10-11H2,1-2H3,(H,24,25,26)/t13-/m1/s1. The molecule has 7 nitrogen and oxygen atoms in total. The van der Waals surface area contributed by atoms with Crippen molar-refractivity contribution >= 4 is 17.0 Å². The Bertz CT molecular complexity index is 1020. The number of nitrogens with zero attached hydrogens (tertiary/aromatic N) is 5. The molecule has 4 rings (SSSR count). The molecule has 30 heavy (non-hydrogen) atoms. The zero-order valence-corrected chi connectivity index (χ0v) is 16.8. The van der Waals surface area contributed by atoms with Crippen LogP contribution in [0.4, 0.5) is 19.1 Å². The molecule has 0 radical (unpaired) electrons. The smallest absolute Gasteiger partial charge is 0.357 e. The van der Waals surface area contributed by atoms with Gasteiger partial charge in [0.2, 0.25) is 5.95 Å². The third kappa shape index (κ3) is 4.09. The molecule has 4 heterocycles. The highest BCUT2D eigenvalue weighted by molar-refractivity contribution is 5.81. The lowest BCUT2D eigenvalue weighted by molar-refractivity contribution is -0.136. The van der Waals surface area contributed by atoms with Gasteiger partial charge in [0.1, 0.15) is 0 Å². The van der Waals surface area contributed by atoms with Crippen LogP contribution in [0.2, 0.25) is 0 Å². The predicted octanol–water partition coefficient (Wildman–Crippen LogP) is 4.02. The van der Waals surface area contributed by atoms with E-state index in [9.17, 15) is 13.2 Å². The van der Waals surface area contributed by atoms with E-state index in [2.05, 4.69) is 30.3 Å². The number of rotatable bonds is 5. The van der Waals surface area contributed by atoms with E-state index >= 15 is 0 Å². The summed E-state index contributed by atoms with van der Waals surface area (Å²) in [6.45, 7) is 3.82. The molecule has 1 N–H and O–H groups in total. The summed E-state index contributed by atoms with van der Waals surface area (Å²) in [5, 5.41) is 6.90. The van der Waals surface area contributed by atoms with Crippen molar-refractivity contribution in [3.05, 3.63) is 41.0 Å². The molecule has 160 valence electrons. The molecule has 1 aliphatic rings. The highest BCUT2D eigenvalue weighted by Gasteiger charge is 2.38. The van der Waals surface area contributed by atoms with E-state index in [0.717, 1.165) is 31.0 Å². The van der Waals surface area contributed by atoms with Crippen LogP contribution in [-0.4, -0.2) is 45.1 Å². The molecule has 0 bridgehead atoms. The second-order valence-corrected chi connectivity index (χ2v) is 7.50. The summed E-state index contributed by atoms with van der Waals surface area (Å²) in [6.07, 6.45) is 1.01. The fourth-order valence-corrected chi connectivity index (χ4v) is 3.95. The van der Waals surface area contributed by atoms with Gasteiger partial charge in [-0.3, -0.25) is 4.90 Å². The lowest BCUT2D eigenvalue weighted by Crippen LogP contribution is -2.34. The van der Waals surface area contributed by atoms with Crippen molar-refractivity contribution in [2.45, 2.75) is 44.8 Å². The maximum absolute atomic E-state index is 13.8. The van der Waals surface area contributed by atoms with Crippen LogP contribution in [-0.2, 0) is 19.1 Å². The summed E-state index contributed by atoms with van der Waals surface area (Å²) in [4.78, 5) is 14.8. The van der Waals surface area contributed by atoms with Gasteiger partial charge in [0.05, 0.1) is 16.6 Å². The Morgan fingerprint density at radius 2 is 2.03 bits per heavy atom. The van der Waals surface area contributed by atoms with Crippen LogP contribution >= 0.6 is 0 Å². The van der Waals surface area contributed by atoms with E-state index in [1.165, 1.54) is 0 Å². The molecular weight excluding hydrogens is 397 g/mol. The van der Waals surface area contributed by atoms with Gasteiger partial charge in [-0.15, -0.1) is 0 Å². The van der Waals surface area contributed by atoms with Gasteiger partial charge in [-0.05, 0) is 31.9 Å². The molecule has 1 fully saturated rings. The van der Waals surface area contributed by atoms with Crippen molar-refractivity contribution in [3.63, 3.8) is 0 Å². The zero-order valence-electron chi connectivity index (χ0n) is 16.8. The van der Waals surface area contributed by atoms with Crippen LogP contribution in [0.15, 0.2) is 23.0 Å². The number of halogens is 3. The number of hydrogen-bond donors (Lipinski definition) is 1. The average Bonchev–Trinajstić information content (AvgIpc) is 3.17. The third-order valence-corrected chi connectivity index (χ3v) is 5.42. The molecule has 10 heteroatoms. The molecular formula is C20H23F3N6O. The molecule has 0 spiro atoms. The third-order valence-electron chi connectivity index (χ3n) is 5.42. The molecule has 0 amide bonds. The van der Waals surface area contributed by atoms with Gasteiger partial charge in [-0.25, -0.2) is 15.0 Å². The summed E-state index contributed by atoms with van der Waals surface area (Å²) >= 11 is 0. The first-order chi connectivity index (χ1) is 14.4. The SMILES string of the molecule is CCc1cc(C(F)(F)F)c2c([C@@H]3CCCN(Cc4cnc(NC)nc4)C3)noc2n1. The van der Waals surface area contributed by atoms with Crippen LogP contribution in [0.25, 0.3) is 11.1 Å². The van der Waals surface area contributed by atoms with Crippen molar-refractivity contribution in [2.75, 3.05) is 25.5 Å². The largest absolute Gasteiger partial charge is 0.417 e. The first kappa shape index (κ1) is 20.5. The summed E-state index contributed by atoms with van der Waals surface area (Å²) in [6, 6.07) is 1.12. The first-order valence-electron chi connectivity index (χ1n) is 9.96. The molecule has 0 unspecified atom stereocenters. The number of piperidine rings is 1. The number of pyridine rings is 1. The zero-order chi connectivity index (χ0) is 21.3. The molecule has 1 saturated heterocycles. The lowest BCUT2D eigenvalue weighted by atomic mass is 9.91. The average molecular weight is 420 g/mol. The molecule has 1 aliphatic heterocycles. The van der Waals surface area contributed by atoms with Crippen molar-refractivity contribution in [1.29, 1.82) is 0 Å². The van der Waals surface area contributed by atoms with Crippen molar-refractivity contribution < 1.29 is 17.7 Å². The van der Waals surface area contributed by atoms with Crippen LogP contribution < -0.4 is 5.32 Å². The summed E-state index contributed by atoms with van der Waals surface area (Å²) < 4.78 is 46.5. The number of alkyl halides is 3. The van der Waals surface area contributed by atoms with Crippen LogP contribution in [0.3, 0.4) is 0 Å². The highest BCUT2D eigenvalue weighted by atomic mass is 19.4. The highest BCUT2D eigenvalue weighted by Crippen LogP contribution is 2.40. The Kier molecular flexibility index (Phi) is 5.59. The topological polar surface area (TPSA) is 80.0 Å². The van der Waals surface area contributed by atoms with Gasteiger partial charge in [0, 0.05) is 49.7 Å². The Morgan fingerprint density at radius 1 is 1.27 bits per heavy atom. The van der Waals surface area contributed by atoms with E-state index in [1.54, 1.807) is 26.4 Å². The monoisotopic (exact) mass is 420 g/mol. The molecule has 0 saturated carbocycles. The Morgan fingerprint density at radius 3 is 2.70 bits per heavy atom. The second kappa shape index (κ2) is 8.17. The number of hydrogen-bond acceptors (Lipinski definition) is 7. The number of nitrogens with one attached hydrogen (secondary N) is 1. The number of fused-ring (bicyclic) bond motifs is 1. The van der Waals surface area contributed by atoms with Crippen LogP contribution in [0.5, 0.6) is 0 Å². The van der Waals surface area contributed by atoms with Gasteiger partial charge in [-0.1, -0.05) is 12.1 Å². The quantitative estimate of drug-likeness (QED) is 0.668. The Labute approximate surface area is 171 Å². The fraction of sp³-hybridized carbons (Fsp3) is 0.500. The van der Waals surface area contributed by atoms with E-state index in [-0.39, 0.29) is 17.0 Å². The minimum absolute atomic E-state index is 0.00624. The Hall–Kier alpha value is -2.75. The van der Waals surface area contributed by atoms with E-state index in [0.29, 0.717) is 36.8 Å². The first-order valence-corrected chi connectivity index (χ1v) is 9.96. The van der Waals surface area contributed by atoms with Gasteiger partial charge < -0.3 is 9.84 Å². The molecule has 0 aliphatic carbocycles. The lowest BCUT2D eigenvalue weighted by Gasteiger charge is -2.31. The molecule has 3 aromatic heterocycles. The number of aryl methyl sites for hydroxylation is 1. The molecule has 3 aromatic rings. The van der Waals surface area contributed by atoms with Crippen molar-refractivity contribution in [2.24, 2.45) is 0 Å². The molecule has 1 atom stereocenters. The van der Waals surface area contributed by atoms with Gasteiger partial charge in [-0.2, -0.15) is 13.2 Å². The number of anilines is 1. The number of likely N-dealkylation sites (tertiary alicyclic amines) is 1. The fourth-order valence-electron chi connectivity index (χ4n) is 3.95. The predicted molar refractivity (Wildman–Crippen MR) is 105 cm³/mol. The maximum atomic E-state index is 13.8. The summed E-state index contributed by atoms with van der Waals surface area (Å²) in [5.41, 5.74) is 0.885. The summed E-state index contributed by atoms with van der Waals surface area (Å²) in [5.74, 6) is 0.385. The van der Waals surface area contributed by atoms with Crippen molar-refractivity contribution in [1.82, 2.24) is 25.0 Å². The van der Waals surface area contributed by atoms with Crippen LogP contribution in [0.1, 0.15) is 48.2 Å². The maximum Gasteiger partial charge on any atom is 0.417 e. The molecule has 0 aromatic carbocycles.